The molecule has 0 nitrogen and oxygen atoms in total. The molecular formula is C26H49. The molecule has 2 aliphatic rings. The van der Waals surface area contributed by atoms with Crippen molar-refractivity contribution in [1.29, 1.82) is 0 Å². The fraction of sp³-hybridized carbons (Fsp3) is 0.962. The quantitative estimate of drug-likeness (QED) is 0.380. The van der Waals surface area contributed by atoms with Crippen LogP contribution in [0.15, 0.2) is 0 Å². The minimum Gasteiger partial charge on any atom is -0.0654 e. The molecule has 0 aromatic carbocycles. The first kappa shape index (κ1) is 22.3. The summed E-state index contributed by atoms with van der Waals surface area (Å²) in [6, 6.07) is 0. The first-order valence-corrected chi connectivity index (χ1v) is 12.2. The van der Waals surface area contributed by atoms with Crippen molar-refractivity contribution in [3.8, 4) is 0 Å². The smallest absolute Gasteiger partial charge is 0.0173 e. The second-order valence-corrected chi connectivity index (χ2v) is 10.9. The van der Waals surface area contributed by atoms with Crippen LogP contribution in [0.1, 0.15) is 113 Å². The molecule has 0 aliphatic heterocycles. The standard InChI is InChI=1S/C26H49/c1-8-9-10-11-24(25-16-20(6)12-14-22(25)18(2)3)26-17-21(7)13-15-23(26)19(4)5/h18-23,25-26H,8-17H2,1-7H3. The Labute approximate surface area is 166 Å². The molecule has 0 spiro atoms. The minimum absolute atomic E-state index is 0.854. The Bertz CT molecular complexity index is 349. The lowest BCUT2D eigenvalue weighted by Gasteiger charge is -2.49. The van der Waals surface area contributed by atoms with Gasteiger partial charge in [-0.05, 0) is 85.4 Å². The van der Waals surface area contributed by atoms with Crippen molar-refractivity contribution in [3.63, 3.8) is 0 Å². The van der Waals surface area contributed by atoms with E-state index >= 15 is 0 Å². The van der Waals surface area contributed by atoms with E-state index in [1.165, 1.54) is 64.2 Å². The Morgan fingerprint density at radius 1 is 0.731 bits per heavy atom. The molecule has 0 heteroatoms. The van der Waals surface area contributed by atoms with E-state index in [9.17, 15) is 0 Å². The normalized spacial score (nSPS) is 36.2. The van der Waals surface area contributed by atoms with Gasteiger partial charge in [-0.25, -0.2) is 0 Å². The average molecular weight is 362 g/mol. The van der Waals surface area contributed by atoms with Crippen molar-refractivity contribution >= 4 is 0 Å². The Morgan fingerprint density at radius 3 is 1.58 bits per heavy atom. The molecule has 26 heavy (non-hydrogen) atoms. The first-order valence-electron chi connectivity index (χ1n) is 12.2. The zero-order valence-electron chi connectivity index (χ0n) is 19.2. The van der Waals surface area contributed by atoms with Crippen LogP contribution in [0.5, 0.6) is 0 Å². The zero-order chi connectivity index (χ0) is 19.3. The van der Waals surface area contributed by atoms with E-state index in [0.29, 0.717) is 0 Å². The van der Waals surface area contributed by atoms with Crippen molar-refractivity contribution < 1.29 is 0 Å². The summed E-state index contributed by atoms with van der Waals surface area (Å²) in [6.45, 7) is 17.4. The number of hydrogen-bond donors (Lipinski definition) is 0. The van der Waals surface area contributed by atoms with E-state index in [4.69, 9.17) is 0 Å². The molecule has 0 N–H and O–H groups in total. The molecule has 153 valence electrons. The molecular weight excluding hydrogens is 312 g/mol. The van der Waals surface area contributed by atoms with Gasteiger partial charge in [0.2, 0.25) is 0 Å². The summed E-state index contributed by atoms with van der Waals surface area (Å²) < 4.78 is 0. The molecule has 0 saturated heterocycles. The molecule has 2 fully saturated rings. The Hall–Kier alpha value is 0. The van der Waals surface area contributed by atoms with Crippen molar-refractivity contribution in [2.75, 3.05) is 0 Å². The van der Waals surface area contributed by atoms with Gasteiger partial charge >= 0.3 is 0 Å². The maximum Gasteiger partial charge on any atom is -0.0173 e. The predicted molar refractivity (Wildman–Crippen MR) is 117 cm³/mol. The van der Waals surface area contributed by atoms with Gasteiger partial charge < -0.3 is 0 Å². The van der Waals surface area contributed by atoms with Crippen LogP contribution in [-0.4, -0.2) is 0 Å². The SMILES string of the molecule is CCCCC[C](C1CC(C)CCC1C(C)C)C1CC(C)CCC1C(C)C. The summed E-state index contributed by atoms with van der Waals surface area (Å²) in [6.07, 6.45) is 14.5. The third-order valence-corrected chi connectivity index (χ3v) is 8.07. The largest absolute Gasteiger partial charge is 0.0654 e. The topological polar surface area (TPSA) is 0 Å². The summed E-state index contributed by atoms with van der Waals surface area (Å²) in [5, 5.41) is 0. The molecule has 0 amide bonds. The summed E-state index contributed by atoms with van der Waals surface area (Å²) >= 11 is 0. The van der Waals surface area contributed by atoms with Crippen molar-refractivity contribution in [3.05, 3.63) is 5.92 Å². The number of rotatable bonds is 8. The molecule has 2 rings (SSSR count). The van der Waals surface area contributed by atoms with Crippen LogP contribution in [0.25, 0.3) is 0 Å². The summed E-state index contributed by atoms with van der Waals surface area (Å²) in [5.74, 6) is 9.39. The summed E-state index contributed by atoms with van der Waals surface area (Å²) in [4.78, 5) is 0. The predicted octanol–water partition coefficient (Wildman–Crippen LogP) is 8.56. The van der Waals surface area contributed by atoms with E-state index in [1.807, 2.05) is 5.92 Å². The Balaban J connectivity index is 2.26. The first-order chi connectivity index (χ1) is 12.3. The van der Waals surface area contributed by atoms with Gasteiger partial charge in [-0.2, -0.15) is 0 Å². The van der Waals surface area contributed by atoms with Gasteiger partial charge in [0.05, 0.1) is 0 Å². The van der Waals surface area contributed by atoms with Gasteiger partial charge in [-0.1, -0.05) is 80.6 Å². The van der Waals surface area contributed by atoms with Crippen LogP contribution in [0.4, 0.5) is 0 Å². The van der Waals surface area contributed by atoms with Crippen LogP contribution in [-0.2, 0) is 0 Å². The number of hydrogen-bond acceptors (Lipinski definition) is 0. The van der Waals surface area contributed by atoms with Crippen LogP contribution in [0.3, 0.4) is 0 Å². The third-order valence-electron chi connectivity index (χ3n) is 8.07. The van der Waals surface area contributed by atoms with Crippen LogP contribution in [0, 0.1) is 53.3 Å². The highest BCUT2D eigenvalue weighted by atomic mass is 14.5. The highest BCUT2D eigenvalue weighted by Crippen LogP contribution is 2.52. The average Bonchev–Trinajstić information content (AvgIpc) is 2.58. The second-order valence-electron chi connectivity index (χ2n) is 10.9. The van der Waals surface area contributed by atoms with Gasteiger partial charge in [0, 0.05) is 0 Å². The molecule has 0 heterocycles. The van der Waals surface area contributed by atoms with Crippen molar-refractivity contribution in [1.82, 2.24) is 0 Å². The molecule has 2 aliphatic carbocycles. The summed E-state index contributed by atoms with van der Waals surface area (Å²) in [7, 11) is 0. The zero-order valence-corrected chi connectivity index (χ0v) is 19.2. The molecule has 0 aromatic rings. The van der Waals surface area contributed by atoms with E-state index in [0.717, 1.165) is 47.3 Å². The molecule has 6 unspecified atom stereocenters. The summed E-state index contributed by atoms with van der Waals surface area (Å²) in [5.41, 5.74) is 0. The third kappa shape index (κ3) is 5.75. The second kappa shape index (κ2) is 10.5. The minimum atomic E-state index is 0.854. The van der Waals surface area contributed by atoms with E-state index < -0.39 is 0 Å². The maximum absolute atomic E-state index is 2.52. The fourth-order valence-corrected chi connectivity index (χ4v) is 6.48. The van der Waals surface area contributed by atoms with E-state index in [-0.39, 0.29) is 0 Å². The monoisotopic (exact) mass is 361 g/mol. The number of unbranched alkanes of at least 4 members (excludes halogenated alkanes) is 2. The maximum atomic E-state index is 2.52. The lowest BCUT2D eigenvalue weighted by Crippen LogP contribution is -2.40. The Morgan fingerprint density at radius 2 is 1.19 bits per heavy atom. The van der Waals surface area contributed by atoms with Gasteiger partial charge in [-0.15, -0.1) is 0 Å². The highest BCUT2D eigenvalue weighted by molar-refractivity contribution is 5.09. The Kier molecular flexibility index (Phi) is 9.02. The van der Waals surface area contributed by atoms with Gasteiger partial charge in [-0.3, -0.25) is 0 Å². The van der Waals surface area contributed by atoms with Gasteiger partial charge in [0.1, 0.15) is 0 Å². The van der Waals surface area contributed by atoms with Crippen LogP contribution in [0.2, 0.25) is 0 Å². The van der Waals surface area contributed by atoms with Crippen molar-refractivity contribution in [2.45, 2.75) is 113 Å². The molecule has 0 aromatic heterocycles. The molecule has 6 atom stereocenters. The van der Waals surface area contributed by atoms with E-state index in [2.05, 4.69) is 48.5 Å². The van der Waals surface area contributed by atoms with E-state index in [1.54, 1.807) is 0 Å². The highest BCUT2D eigenvalue weighted by Gasteiger charge is 2.43. The van der Waals surface area contributed by atoms with Gasteiger partial charge in [0.25, 0.3) is 0 Å². The molecule has 2 saturated carbocycles. The van der Waals surface area contributed by atoms with Crippen LogP contribution < -0.4 is 0 Å². The van der Waals surface area contributed by atoms with Crippen molar-refractivity contribution in [2.24, 2.45) is 47.3 Å². The lowest BCUT2D eigenvalue weighted by molar-refractivity contribution is 0.0830. The molecule has 0 bridgehead atoms. The fourth-order valence-electron chi connectivity index (χ4n) is 6.48. The lowest BCUT2D eigenvalue weighted by atomic mass is 9.56. The van der Waals surface area contributed by atoms with Crippen LogP contribution >= 0.6 is 0 Å². The van der Waals surface area contributed by atoms with Gasteiger partial charge in [0.15, 0.2) is 0 Å². The molecule has 1 radical (unpaired) electrons.